The van der Waals surface area contributed by atoms with Crippen molar-refractivity contribution in [3.05, 3.63) is 35.2 Å². The average molecular weight is 438 g/mol. The topological polar surface area (TPSA) is 75.4 Å². The molecule has 1 aliphatic carbocycles. The van der Waals surface area contributed by atoms with Crippen molar-refractivity contribution in [1.29, 1.82) is 0 Å². The zero-order valence-corrected chi connectivity index (χ0v) is 18.5. The first-order valence-electron chi connectivity index (χ1n) is 10.5. The first-order chi connectivity index (χ1) is 14.1. The first kappa shape index (κ1) is 24.3. The summed E-state index contributed by atoms with van der Waals surface area (Å²) in [5.74, 6) is 1.02. The fourth-order valence-corrected chi connectivity index (χ4v) is 4.60. The van der Waals surface area contributed by atoms with E-state index < -0.39 is 5.54 Å². The summed E-state index contributed by atoms with van der Waals surface area (Å²) in [7, 11) is 1.64. The molecule has 3 rings (SSSR count). The molecule has 8 heteroatoms. The summed E-state index contributed by atoms with van der Waals surface area (Å²) >= 11 is 0. The number of hydrogen-bond acceptors (Lipinski definition) is 5. The van der Waals surface area contributed by atoms with Crippen LogP contribution < -0.4 is 15.0 Å². The number of carbonyl (C=O) groups is 1. The third-order valence-corrected chi connectivity index (χ3v) is 6.38. The maximum absolute atomic E-state index is 11.9. The van der Waals surface area contributed by atoms with Crippen molar-refractivity contribution in [2.45, 2.75) is 69.6 Å². The third kappa shape index (κ3) is 5.00. The molecule has 2 aliphatic rings. The second-order valence-electron chi connectivity index (χ2n) is 7.97. The van der Waals surface area contributed by atoms with E-state index in [-0.39, 0.29) is 30.5 Å². The van der Waals surface area contributed by atoms with Crippen molar-refractivity contribution >= 4 is 18.3 Å². The molecule has 0 aromatic heterocycles. The summed E-state index contributed by atoms with van der Waals surface area (Å²) in [6.07, 6.45) is 6.57. The lowest BCUT2D eigenvalue weighted by Gasteiger charge is -2.37. The number of methoxy groups -OCH3 is 1. The Hall–Kier alpha value is -2.01. The lowest BCUT2D eigenvalue weighted by Crippen LogP contribution is -2.51. The van der Waals surface area contributed by atoms with Gasteiger partial charge in [0.25, 0.3) is 11.4 Å². The number of benzene rings is 1. The van der Waals surface area contributed by atoms with Gasteiger partial charge in [0.1, 0.15) is 0 Å². The number of nitrogens with zero attached hydrogens (tertiary/aromatic N) is 2. The van der Waals surface area contributed by atoms with Gasteiger partial charge in [0.15, 0.2) is 11.5 Å². The van der Waals surface area contributed by atoms with E-state index >= 15 is 0 Å². The normalized spacial score (nSPS) is 19.9. The van der Waals surface area contributed by atoms with E-state index in [1.54, 1.807) is 12.6 Å². The number of nitrogens with one attached hydrogen (secondary N) is 1. The summed E-state index contributed by atoms with van der Waals surface area (Å²) in [6.45, 7) is 11.1. The van der Waals surface area contributed by atoms with E-state index in [9.17, 15) is 4.79 Å². The maximum Gasteiger partial charge on any atom is 0.260 e. The number of hydrogen-bond donors (Lipinski definition) is 2. The van der Waals surface area contributed by atoms with Crippen molar-refractivity contribution < 1.29 is 19.5 Å². The van der Waals surface area contributed by atoms with Gasteiger partial charge in [-0.1, -0.05) is 6.92 Å². The highest BCUT2D eigenvalue weighted by Crippen LogP contribution is 2.42. The van der Waals surface area contributed by atoms with Gasteiger partial charge in [-0.25, -0.2) is 12.1 Å². The minimum Gasteiger partial charge on any atom is -0.493 e. The molecule has 2 fully saturated rings. The molecule has 7 nitrogen and oxygen atoms in total. The van der Waals surface area contributed by atoms with E-state index in [0.717, 1.165) is 18.4 Å². The SMILES string of the molecule is Cl.[C-]#[N+]C1(c2ccc(OC)c(OC3CCCC3)c2)CCN(C(CC)C(=O)NO)CC1. The van der Waals surface area contributed by atoms with Crippen molar-refractivity contribution in [2.24, 2.45) is 0 Å². The summed E-state index contributed by atoms with van der Waals surface area (Å²) in [4.78, 5) is 18.0. The van der Waals surface area contributed by atoms with Crippen LogP contribution in [0.5, 0.6) is 11.5 Å². The van der Waals surface area contributed by atoms with Crippen molar-refractivity contribution in [3.8, 4) is 11.5 Å². The van der Waals surface area contributed by atoms with Crippen LogP contribution in [0.25, 0.3) is 4.85 Å². The second kappa shape index (κ2) is 10.9. The highest BCUT2D eigenvalue weighted by Gasteiger charge is 2.44. The first-order valence-corrected chi connectivity index (χ1v) is 10.5. The number of likely N-dealkylation sites (tertiary alicyclic amines) is 1. The Morgan fingerprint density at radius 1 is 1.33 bits per heavy atom. The fraction of sp³-hybridized carbons (Fsp3) is 0.636. The Morgan fingerprint density at radius 2 is 2.00 bits per heavy atom. The molecular formula is C22H32ClN3O4. The van der Waals surface area contributed by atoms with Gasteiger partial charge in [-0.05, 0) is 50.3 Å². The van der Waals surface area contributed by atoms with Gasteiger partial charge >= 0.3 is 0 Å². The quantitative estimate of drug-likeness (QED) is 0.384. The van der Waals surface area contributed by atoms with Crippen LogP contribution >= 0.6 is 12.4 Å². The molecule has 1 aromatic rings. The standard InChI is InChI=1S/C22H31N3O4.ClH/c1-4-18(21(26)24-27)25-13-11-22(23-2,12-14-25)16-9-10-19(28-3)20(15-16)29-17-7-5-6-8-17;/h9-10,15,17-18,27H,4-8,11-14H2,1,3H3,(H,24,26);1H. The van der Waals surface area contributed by atoms with Crippen LogP contribution in [0.3, 0.4) is 0 Å². The zero-order valence-electron chi connectivity index (χ0n) is 17.7. The number of ether oxygens (including phenoxy) is 2. The van der Waals surface area contributed by atoms with Gasteiger partial charge < -0.3 is 14.3 Å². The van der Waals surface area contributed by atoms with Crippen LogP contribution in [0.15, 0.2) is 18.2 Å². The van der Waals surface area contributed by atoms with Crippen molar-refractivity contribution in [2.75, 3.05) is 20.2 Å². The molecule has 0 spiro atoms. The smallest absolute Gasteiger partial charge is 0.260 e. The van der Waals surface area contributed by atoms with Crippen LogP contribution in [-0.2, 0) is 10.3 Å². The van der Waals surface area contributed by atoms with E-state index in [2.05, 4.69) is 9.74 Å². The monoisotopic (exact) mass is 437 g/mol. The molecule has 2 N–H and O–H groups in total. The molecule has 0 bridgehead atoms. The Balaban J connectivity index is 0.00000320. The lowest BCUT2D eigenvalue weighted by atomic mass is 9.81. The van der Waals surface area contributed by atoms with Crippen LogP contribution in [0.4, 0.5) is 0 Å². The van der Waals surface area contributed by atoms with Gasteiger partial charge in [-0.15, -0.1) is 12.4 Å². The fourth-order valence-electron chi connectivity index (χ4n) is 4.60. The molecule has 30 heavy (non-hydrogen) atoms. The van der Waals surface area contributed by atoms with Gasteiger partial charge in [0.2, 0.25) is 0 Å². The number of halogens is 1. The molecule has 1 amide bonds. The van der Waals surface area contributed by atoms with Crippen molar-refractivity contribution in [3.63, 3.8) is 0 Å². The largest absolute Gasteiger partial charge is 0.493 e. The molecule has 1 saturated heterocycles. The molecule has 1 unspecified atom stereocenters. The summed E-state index contributed by atoms with van der Waals surface area (Å²) in [5.41, 5.74) is 2.07. The van der Waals surface area contributed by atoms with Crippen LogP contribution in [0, 0.1) is 6.57 Å². The Bertz CT molecular complexity index is 753. The summed E-state index contributed by atoms with van der Waals surface area (Å²) in [5, 5.41) is 8.99. The van der Waals surface area contributed by atoms with Gasteiger partial charge in [-0.3, -0.25) is 14.9 Å². The zero-order chi connectivity index (χ0) is 20.9. The molecule has 1 aliphatic heterocycles. The predicted molar refractivity (Wildman–Crippen MR) is 116 cm³/mol. The van der Waals surface area contributed by atoms with Gasteiger partial charge in [0, 0.05) is 31.5 Å². The minimum absolute atomic E-state index is 0. The van der Waals surface area contributed by atoms with E-state index in [1.165, 1.54) is 12.8 Å². The number of amides is 1. The minimum atomic E-state index is -0.634. The predicted octanol–water partition coefficient (Wildman–Crippen LogP) is 3.93. The summed E-state index contributed by atoms with van der Waals surface area (Å²) in [6, 6.07) is 5.46. The third-order valence-electron chi connectivity index (χ3n) is 6.38. The molecule has 1 heterocycles. The summed E-state index contributed by atoms with van der Waals surface area (Å²) < 4.78 is 11.7. The highest BCUT2D eigenvalue weighted by atomic mass is 35.5. The molecule has 0 radical (unpaired) electrons. The Labute approximate surface area is 184 Å². The van der Waals surface area contributed by atoms with E-state index in [0.29, 0.717) is 43.9 Å². The Morgan fingerprint density at radius 3 is 2.53 bits per heavy atom. The lowest BCUT2D eigenvalue weighted by molar-refractivity contribution is -0.135. The van der Waals surface area contributed by atoms with Crippen LogP contribution in [-0.4, -0.2) is 48.4 Å². The average Bonchev–Trinajstić information content (AvgIpc) is 3.27. The van der Waals surface area contributed by atoms with E-state index in [1.807, 2.05) is 25.1 Å². The number of rotatable bonds is 7. The molecular weight excluding hydrogens is 406 g/mol. The molecule has 1 aromatic carbocycles. The Kier molecular flexibility index (Phi) is 8.78. The molecule has 1 saturated carbocycles. The number of piperidine rings is 1. The van der Waals surface area contributed by atoms with Crippen LogP contribution in [0.2, 0.25) is 0 Å². The van der Waals surface area contributed by atoms with Gasteiger partial charge in [-0.2, -0.15) is 0 Å². The highest BCUT2D eigenvalue weighted by molar-refractivity contribution is 5.85. The molecule has 166 valence electrons. The van der Waals surface area contributed by atoms with Crippen LogP contribution in [0.1, 0.15) is 57.4 Å². The number of hydroxylamine groups is 1. The van der Waals surface area contributed by atoms with Gasteiger partial charge in [0.05, 0.1) is 19.3 Å². The maximum atomic E-state index is 11.9. The van der Waals surface area contributed by atoms with E-state index in [4.69, 9.17) is 21.3 Å². The van der Waals surface area contributed by atoms with Crippen molar-refractivity contribution in [1.82, 2.24) is 10.4 Å². The molecule has 1 atom stereocenters. The number of carbonyl (C=O) groups excluding carboxylic acids is 1. The second-order valence-corrected chi connectivity index (χ2v) is 7.97.